The van der Waals surface area contributed by atoms with Crippen molar-refractivity contribution < 1.29 is 30.9 Å². The highest BCUT2D eigenvalue weighted by atomic mass is 127. The van der Waals surface area contributed by atoms with Gasteiger partial charge < -0.3 is 10.2 Å². The van der Waals surface area contributed by atoms with Gasteiger partial charge in [-0.15, -0.1) is 0 Å². The van der Waals surface area contributed by atoms with Crippen LogP contribution < -0.4 is 0 Å². The minimum atomic E-state index is -1.63. The number of non-ortho nitro benzene ring substituents is 1. The summed E-state index contributed by atoms with van der Waals surface area (Å²) >= 11 is 2.48. The third kappa shape index (κ3) is 6.14. The smallest absolute Gasteiger partial charge is 0.337 e. The average molecular weight is 607 g/mol. The summed E-state index contributed by atoms with van der Waals surface area (Å²) in [6, 6.07) is 7.57. The van der Waals surface area contributed by atoms with E-state index >= 15 is 0 Å². The van der Waals surface area contributed by atoms with Gasteiger partial charge in [-0.25, -0.2) is 9.59 Å². The summed E-state index contributed by atoms with van der Waals surface area (Å²) in [5.74, 6) is -2.40. The number of nitro groups is 1. The minimum absolute atomic E-state index is 0.0327. The maximum absolute atomic E-state index is 10.6. The second kappa shape index (κ2) is 10.3. The molecule has 0 spiro atoms. The summed E-state index contributed by atoms with van der Waals surface area (Å²) in [7, 11) is 0. The Kier molecular flexibility index (Phi) is 8.80. The average Bonchev–Trinajstić information content (AvgIpc) is 2.61. The van der Waals surface area contributed by atoms with E-state index in [4.69, 9.17) is 21.8 Å². The van der Waals surface area contributed by atoms with Crippen molar-refractivity contribution in [3.8, 4) is 0 Å². The van der Waals surface area contributed by atoms with Crippen molar-refractivity contribution >= 4 is 71.6 Å². The van der Waals surface area contributed by atoms with E-state index in [9.17, 15) is 25.8 Å². The molecule has 0 heterocycles. The molecule has 0 amide bonds. The first kappa shape index (κ1) is 22.2. The van der Waals surface area contributed by atoms with Crippen LogP contribution in [0, 0.1) is 17.3 Å². The third-order valence-electron chi connectivity index (χ3n) is 2.72. The van der Waals surface area contributed by atoms with Crippen LogP contribution in [0.25, 0.3) is 0 Å². The van der Waals surface area contributed by atoms with Crippen LogP contribution in [0.15, 0.2) is 36.4 Å². The molecule has 0 saturated heterocycles. The summed E-state index contributed by atoms with van der Waals surface area (Å²) < 4.78 is 21.7. The molecule has 2 aromatic carbocycles. The fourth-order valence-electron chi connectivity index (χ4n) is 1.59. The normalized spacial score (nSPS) is 9.73. The maximum Gasteiger partial charge on any atom is 0.337 e. The van der Waals surface area contributed by atoms with Crippen LogP contribution in [0.1, 0.15) is 20.7 Å². The number of rotatable bonds is 5. The summed E-state index contributed by atoms with van der Waals surface area (Å²) in [4.78, 5) is 30.8. The second-order valence-electron chi connectivity index (χ2n) is 4.31. The lowest BCUT2D eigenvalue weighted by molar-refractivity contribution is -0.384. The van der Waals surface area contributed by atoms with Gasteiger partial charge in [-0.2, -0.15) is 0 Å². The number of carbonyl (C=O) groups is 2. The number of benzene rings is 2. The van der Waals surface area contributed by atoms with Gasteiger partial charge in [0.1, 0.15) is 0 Å². The number of halogens is 3. The van der Waals surface area contributed by atoms with Crippen LogP contribution in [-0.2, 0) is 6.14 Å². The van der Waals surface area contributed by atoms with Crippen LogP contribution in [0.3, 0.4) is 0 Å². The number of carboxylic acid groups (broad SMARTS) is 2. The molecule has 9 nitrogen and oxygen atoms in total. The Morgan fingerprint density at radius 3 is 1.81 bits per heavy atom. The van der Waals surface area contributed by atoms with E-state index in [1.54, 1.807) is 0 Å². The molecule has 0 unspecified atom stereocenters. The fraction of sp³-hybridized carbons (Fsp3) is 0. The van der Waals surface area contributed by atoms with Gasteiger partial charge in [-0.1, -0.05) is 11.6 Å². The molecular weight excluding hydrogens is 599 g/mol. The molecule has 26 heavy (non-hydrogen) atoms. The van der Waals surface area contributed by atoms with Crippen molar-refractivity contribution in [2.75, 3.05) is 0 Å². The lowest BCUT2D eigenvalue weighted by atomic mass is 10.2. The molecule has 2 aromatic rings. The SMILES string of the molecule is O=Ic1ccc(Cl)cc1C(=O)O.O=Ic1ccc([N+](=O)[O-])cc1C(=O)O. The predicted octanol–water partition coefficient (Wildman–Crippen LogP) is 4.30. The number of hydrogen-bond donors (Lipinski definition) is 2. The zero-order valence-corrected chi connectivity index (χ0v) is 17.5. The van der Waals surface area contributed by atoms with E-state index in [-0.39, 0.29) is 20.4 Å². The Morgan fingerprint density at radius 1 is 0.923 bits per heavy atom. The molecule has 2 rings (SSSR count). The van der Waals surface area contributed by atoms with Crippen LogP contribution in [0.4, 0.5) is 5.69 Å². The number of hydrogen-bond acceptors (Lipinski definition) is 6. The molecule has 0 aliphatic heterocycles. The Bertz CT molecular complexity index is 903. The molecule has 0 aliphatic carbocycles. The van der Waals surface area contributed by atoms with E-state index in [0.29, 0.717) is 8.59 Å². The Balaban J connectivity index is 0.000000263. The molecule has 0 fully saturated rings. The molecule has 12 heteroatoms. The maximum atomic E-state index is 10.6. The molecular formula is C14H8ClI2NO8. The molecule has 0 radical (unpaired) electrons. The highest BCUT2D eigenvalue weighted by molar-refractivity contribution is 14.2. The molecule has 0 aliphatic rings. The van der Waals surface area contributed by atoms with Gasteiger partial charge >= 0.3 is 11.9 Å². The zero-order chi connectivity index (χ0) is 19.9. The number of nitro benzene ring substituents is 1. The van der Waals surface area contributed by atoms with Crippen LogP contribution in [0.2, 0.25) is 5.02 Å². The summed E-state index contributed by atoms with van der Waals surface area (Å²) in [6.07, 6.45) is 0. The number of carboxylic acids is 2. The standard InChI is InChI=1S/C7H4ClIO3.C7H4INO5/c8-4-1-2-6(9-12)5(3-4)7(10)11;10-7(11)5-3-4(9(13)14)1-2-6(5)8-12/h1-3H,(H,10,11);1-3H,(H,10,11). The summed E-state index contributed by atoms with van der Waals surface area (Å²) in [5.41, 5.74) is -0.545. The van der Waals surface area contributed by atoms with Gasteiger partial charge in [0, 0.05) is 17.2 Å². The van der Waals surface area contributed by atoms with Gasteiger partial charge in [-0.05, 0) is 24.3 Å². The number of aromatic carboxylic acids is 2. The van der Waals surface area contributed by atoms with Crippen LogP contribution in [0.5, 0.6) is 0 Å². The Labute approximate surface area is 171 Å². The lowest BCUT2D eigenvalue weighted by Gasteiger charge is -1.97. The zero-order valence-electron chi connectivity index (χ0n) is 12.4. The largest absolute Gasteiger partial charge is 0.478 e. The predicted molar refractivity (Wildman–Crippen MR) is 105 cm³/mol. The monoisotopic (exact) mass is 607 g/mol. The third-order valence-corrected chi connectivity index (χ3v) is 5.78. The fourth-order valence-corrected chi connectivity index (χ4v) is 3.66. The molecule has 0 atom stereocenters. The van der Waals surface area contributed by atoms with Gasteiger partial charge in [0.2, 0.25) is 0 Å². The van der Waals surface area contributed by atoms with Crippen LogP contribution >= 0.6 is 54.0 Å². The Morgan fingerprint density at radius 2 is 1.38 bits per heavy atom. The van der Waals surface area contributed by atoms with Gasteiger partial charge in [0.05, 0.1) is 23.2 Å². The highest BCUT2D eigenvalue weighted by Gasteiger charge is 2.15. The summed E-state index contributed by atoms with van der Waals surface area (Å²) in [5, 5.41) is 28.0. The Hall–Kier alpha value is -1.87. The van der Waals surface area contributed by atoms with Crippen molar-refractivity contribution in [1.82, 2.24) is 0 Å². The molecule has 138 valence electrons. The van der Waals surface area contributed by atoms with Gasteiger partial charge in [-0.3, -0.25) is 16.3 Å². The van der Waals surface area contributed by atoms with E-state index in [0.717, 1.165) is 12.1 Å². The quantitative estimate of drug-likeness (QED) is 0.290. The number of nitrogens with zero attached hydrogens (tertiary/aromatic N) is 1. The highest BCUT2D eigenvalue weighted by Crippen LogP contribution is 2.22. The molecule has 0 bridgehead atoms. The van der Waals surface area contributed by atoms with E-state index < -0.39 is 59.2 Å². The first-order chi connectivity index (χ1) is 12.2. The minimum Gasteiger partial charge on any atom is -0.478 e. The summed E-state index contributed by atoms with van der Waals surface area (Å²) in [6.45, 7) is 0. The van der Waals surface area contributed by atoms with Gasteiger partial charge in [0.25, 0.3) is 5.69 Å². The van der Waals surface area contributed by atoms with Crippen LogP contribution in [-0.4, -0.2) is 27.1 Å². The first-order valence-electron chi connectivity index (χ1n) is 6.30. The lowest BCUT2D eigenvalue weighted by Crippen LogP contribution is -2.01. The molecule has 0 saturated carbocycles. The van der Waals surface area contributed by atoms with Gasteiger partial charge in [0.15, 0.2) is 42.4 Å². The van der Waals surface area contributed by atoms with E-state index in [1.807, 2.05) is 0 Å². The first-order valence-corrected chi connectivity index (χ1v) is 10.6. The topological polar surface area (TPSA) is 152 Å². The molecule has 2 N–H and O–H groups in total. The van der Waals surface area contributed by atoms with Crippen molar-refractivity contribution in [2.45, 2.75) is 0 Å². The van der Waals surface area contributed by atoms with Crippen molar-refractivity contribution in [1.29, 1.82) is 0 Å². The van der Waals surface area contributed by atoms with Crippen molar-refractivity contribution in [2.24, 2.45) is 0 Å². The van der Waals surface area contributed by atoms with E-state index in [2.05, 4.69) is 0 Å². The van der Waals surface area contributed by atoms with E-state index in [1.165, 1.54) is 24.3 Å². The van der Waals surface area contributed by atoms with Crippen molar-refractivity contribution in [3.63, 3.8) is 0 Å². The van der Waals surface area contributed by atoms with Crippen molar-refractivity contribution in [3.05, 3.63) is 69.8 Å². The second-order valence-corrected chi connectivity index (χ2v) is 7.95. The molecule has 0 aromatic heterocycles.